The molecule has 4 aromatic carbocycles. The van der Waals surface area contributed by atoms with Crippen molar-refractivity contribution in [2.24, 2.45) is 27.1 Å². The molecule has 0 N–H and O–H groups in total. The van der Waals surface area contributed by atoms with Gasteiger partial charge in [-0.15, -0.1) is 0 Å². The van der Waals surface area contributed by atoms with E-state index in [4.69, 9.17) is 56.8 Å². The van der Waals surface area contributed by atoms with Crippen LogP contribution in [0.3, 0.4) is 0 Å². The number of hydrogen-bond donors (Lipinski definition) is 0. The Kier molecular flexibility index (Phi) is 36.7. The predicted molar refractivity (Wildman–Crippen MR) is 376 cm³/mol. The van der Waals surface area contributed by atoms with Crippen LogP contribution in [0.25, 0.3) is 0 Å². The number of benzene rings is 4. The quantitative estimate of drug-likeness (QED) is 0.0311. The molecule has 0 aromatic heterocycles. The van der Waals surface area contributed by atoms with E-state index in [0.29, 0.717) is 132 Å². The maximum atomic E-state index is 6.39. The van der Waals surface area contributed by atoms with E-state index in [1.54, 1.807) is 0 Å². The van der Waals surface area contributed by atoms with Crippen molar-refractivity contribution in [1.29, 1.82) is 0 Å². The Morgan fingerprint density at radius 2 is 0.374 bits per heavy atom. The molecule has 14 heteroatoms. The van der Waals surface area contributed by atoms with Gasteiger partial charge < -0.3 is 56.8 Å². The second-order valence-corrected chi connectivity index (χ2v) is 32.1. The van der Waals surface area contributed by atoms with Crippen LogP contribution in [0.5, 0.6) is 23.0 Å². The fraction of sp³-hybridized carbons (Fsp3) is 0.688. The van der Waals surface area contributed by atoms with Crippen LogP contribution in [0.4, 0.5) is 0 Å². The van der Waals surface area contributed by atoms with Gasteiger partial charge in [-0.2, -0.15) is 0 Å². The minimum absolute atomic E-state index is 0. The molecule has 0 heterocycles. The van der Waals surface area contributed by atoms with Gasteiger partial charge >= 0.3 is 29.6 Å². The van der Waals surface area contributed by atoms with Crippen molar-refractivity contribution < 1.29 is 86.4 Å². The van der Waals surface area contributed by atoms with Crippen molar-refractivity contribution in [2.75, 3.05) is 132 Å². The summed E-state index contributed by atoms with van der Waals surface area (Å²) < 4.78 is 73.8. The molecule has 0 fully saturated rings. The van der Waals surface area contributed by atoms with Gasteiger partial charge in [0.05, 0.1) is 111 Å². The SMILES string of the molecule is CC(C)(C)CC(C)(C)c1ccc(OCCOCCOCC(COCCOCCOc2ccc(C(C)(C)CC(C)(C)C)cc2)(COCCOCCOc2ccc(C(C)(C)CC(C)(C)C)cc2)COCCOCCOc2ccc(C(C)(C)CC(C)(C)C)cc2)cc1.[BH4-].[Na+]. The molecule has 0 bridgehead atoms. The third-order valence-corrected chi connectivity index (χ3v) is 15.5. The van der Waals surface area contributed by atoms with Gasteiger partial charge in [-0.1, -0.05) is 195 Å². The fourth-order valence-electron chi connectivity index (χ4n) is 12.9. The topological polar surface area (TPSA) is 111 Å². The summed E-state index contributed by atoms with van der Waals surface area (Å²) in [4.78, 5) is 0. The molecule has 0 aliphatic rings. The zero-order chi connectivity index (χ0) is 65.9. The molecule has 0 aliphatic carbocycles. The molecular formula is C77H128BNaO12. The normalized spacial score (nSPS) is 13.0. The maximum absolute atomic E-state index is 6.39. The van der Waals surface area contributed by atoms with Crippen molar-refractivity contribution in [1.82, 2.24) is 0 Å². The van der Waals surface area contributed by atoms with E-state index in [9.17, 15) is 0 Å². The van der Waals surface area contributed by atoms with Crippen molar-refractivity contribution in [3.63, 3.8) is 0 Å². The van der Waals surface area contributed by atoms with E-state index in [1.807, 2.05) is 0 Å². The Hall–Kier alpha value is -3.18. The van der Waals surface area contributed by atoms with Crippen LogP contribution in [0.1, 0.15) is 186 Å². The smallest absolute Gasteiger partial charge is 0.491 e. The van der Waals surface area contributed by atoms with E-state index < -0.39 is 5.41 Å². The minimum Gasteiger partial charge on any atom is -0.491 e. The Morgan fingerprint density at radius 1 is 0.220 bits per heavy atom. The molecule has 0 atom stereocenters. The van der Waals surface area contributed by atoms with Crippen LogP contribution in [0.2, 0.25) is 0 Å². The summed E-state index contributed by atoms with van der Waals surface area (Å²) in [7, 11) is 0. The van der Waals surface area contributed by atoms with E-state index in [2.05, 4.69) is 236 Å². The number of ether oxygens (including phenoxy) is 12. The van der Waals surface area contributed by atoms with Gasteiger partial charge in [0.15, 0.2) is 0 Å². The van der Waals surface area contributed by atoms with E-state index in [1.165, 1.54) is 22.3 Å². The van der Waals surface area contributed by atoms with E-state index in [0.717, 1.165) is 48.7 Å². The molecule has 0 aliphatic heterocycles. The largest absolute Gasteiger partial charge is 1.00 e. The molecule has 4 aromatic rings. The Labute approximate surface area is 578 Å². The molecule has 4 rings (SSSR count). The summed E-state index contributed by atoms with van der Waals surface area (Å²) in [5.41, 5.74) is 5.73. The second kappa shape index (κ2) is 39.8. The molecular weight excluding hydrogens is 1150 g/mol. The monoisotopic (exact) mass is 1280 g/mol. The maximum Gasteiger partial charge on any atom is 1.00 e. The first-order valence-corrected chi connectivity index (χ1v) is 33.1. The summed E-state index contributed by atoms with van der Waals surface area (Å²) in [6, 6.07) is 33.8. The van der Waals surface area contributed by atoms with Gasteiger partial charge in [0.1, 0.15) is 49.4 Å². The molecule has 0 spiro atoms. The number of rotatable bonds is 44. The molecule has 0 radical (unpaired) electrons. The Morgan fingerprint density at radius 3 is 0.538 bits per heavy atom. The third-order valence-electron chi connectivity index (χ3n) is 15.5. The van der Waals surface area contributed by atoms with Gasteiger partial charge in [-0.05, 0) is 140 Å². The zero-order valence-corrected chi connectivity index (χ0v) is 62.6. The summed E-state index contributed by atoms with van der Waals surface area (Å²) in [6.07, 6.45) is 4.34. The van der Waals surface area contributed by atoms with Gasteiger partial charge in [0.2, 0.25) is 0 Å². The summed E-state index contributed by atoms with van der Waals surface area (Å²) in [5.74, 6) is 3.30. The first kappa shape index (κ1) is 83.9. The van der Waals surface area contributed by atoms with Crippen LogP contribution in [-0.4, -0.2) is 141 Å². The molecule has 0 saturated heterocycles. The molecule has 91 heavy (non-hydrogen) atoms. The average molecular weight is 1280 g/mol. The Balaban J connectivity index is 0.0000141. The fourth-order valence-corrected chi connectivity index (χ4v) is 12.9. The van der Waals surface area contributed by atoms with Crippen LogP contribution >= 0.6 is 0 Å². The Bertz CT molecular complexity index is 2170. The van der Waals surface area contributed by atoms with Gasteiger partial charge in [0, 0.05) is 0 Å². The first-order valence-electron chi connectivity index (χ1n) is 33.1. The van der Waals surface area contributed by atoms with Gasteiger partial charge in [-0.3, -0.25) is 0 Å². The minimum atomic E-state index is -0.680. The molecule has 12 nitrogen and oxygen atoms in total. The predicted octanol–water partition coefficient (Wildman–Crippen LogP) is 12.8. The van der Waals surface area contributed by atoms with Crippen LogP contribution < -0.4 is 48.5 Å². The number of hydrogen-bond acceptors (Lipinski definition) is 12. The van der Waals surface area contributed by atoms with Crippen LogP contribution in [-0.2, 0) is 59.6 Å². The molecule has 512 valence electrons. The van der Waals surface area contributed by atoms with E-state index >= 15 is 0 Å². The molecule has 0 unspecified atom stereocenters. The standard InChI is InChI=1S/C77H124O12.BH4.Na/c1-69(2,3)53-73(13,14)61-21-29-65(30-22-61)86-49-45-78-37-41-82-57-77(58-83-42-38-79-46-50-87-66-31-23-62(24-32-66)74(15,16)54-70(4,5)6,59-84-43-39-80-47-51-88-67-33-25-63(26-34-67)75(17,18)55-71(7,8)9)60-85-44-40-81-48-52-89-68-35-27-64(28-36-68)76(19,20)56-72(10,11)12;;/h21-36H,37-60H2,1-20H3;1H4;/q;-1;+1. The third kappa shape index (κ3) is 35.4. The molecule has 0 saturated carbocycles. The van der Waals surface area contributed by atoms with Crippen LogP contribution in [0, 0.1) is 27.1 Å². The van der Waals surface area contributed by atoms with Crippen LogP contribution in [0.15, 0.2) is 97.1 Å². The summed E-state index contributed by atoms with van der Waals surface area (Å²) in [6.45, 7) is 53.5. The van der Waals surface area contributed by atoms with Crippen molar-refractivity contribution in [3.05, 3.63) is 119 Å². The molecule has 0 amide bonds. The van der Waals surface area contributed by atoms with Crippen molar-refractivity contribution in [3.8, 4) is 23.0 Å². The van der Waals surface area contributed by atoms with Gasteiger partial charge in [0.25, 0.3) is 0 Å². The summed E-state index contributed by atoms with van der Waals surface area (Å²) in [5, 5.41) is 0. The van der Waals surface area contributed by atoms with E-state index in [-0.39, 0.29) is 81.3 Å². The zero-order valence-electron chi connectivity index (χ0n) is 60.6. The van der Waals surface area contributed by atoms with Crippen molar-refractivity contribution in [2.45, 2.75) is 186 Å². The van der Waals surface area contributed by atoms with Gasteiger partial charge in [-0.25, -0.2) is 0 Å². The summed E-state index contributed by atoms with van der Waals surface area (Å²) >= 11 is 0. The first-order chi connectivity index (χ1) is 41.6. The van der Waals surface area contributed by atoms with Crippen molar-refractivity contribution >= 4 is 8.41 Å². The average Bonchev–Trinajstić information content (AvgIpc) is 1.20. The second-order valence-electron chi connectivity index (χ2n) is 32.1.